The van der Waals surface area contributed by atoms with E-state index in [4.69, 9.17) is 29.0 Å². The molecule has 0 aliphatic carbocycles. The second-order valence-electron chi connectivity index (χ2n) is 5.39. The molecule has 0 radical (unpaired) electrons. The van der Waals surface area contributed by atoms with E-state index in [-0.39, 0.29) is 10.6 Å². The molecule has 11 heteroatoms. The average Bonchev–Trinajstić information content (AvgIpc) is 2.55. The van der Waals surface area contributed by atoms with Crippen LogP contribution < -0.4 is 20.5 Å². The Kier molecular flexibility index (Phi) is 6.93. The Bertz CT molecular complexity index is 887. The topological polar surface area (TPSA) is 93.5 Å². The van der Waals surface area contributed by atoms with E-state index in [9.17, 15) is 17.2 Å². The summed E-state index contributed by atoms with van der Waals surface area (Å²) in [5.41, 5.74) is -2.28. The van der Waals surface area contributed by atoms with Crippen LogP contribution in [0, 0.1) is 0 Å². The van der Waals surface area contributed by atoms with Crippen LogP contribution in [-0.4, -0.2) is 25.6 Å². The van der Waals surface area contributed by atoms with E-state index in [0.29, 0.717) is 23.8 Å². The maximum atomic E-state index is 12.5. The van der Waals surface area contributed by atoms with Crippen molar-refractivity contribution in [2.75, 3.05) is 11.9 Å². The van der Waals surface area contributed by atoms with E-state index in [2.05, 4.69) is 15.4 Å². The van der Waals surface area contributed by atoms with Crippen molar-refractivity contribution in [3.8, 4) is 5.75 Å². The Balaban J connectivity index is 1.79. The molecule has 6 nitrogen and oxygen atoms in total. The van der Waals surface area contributed by atoms with E-state index in [0.717, 1.165) is 5.56 Å². The van der Waals surface area contributed by atoms with Gasteiger partial charge in [0.25, 0.3) is 0 Å². The molecular formula is C16H16ClF2N3O3S2. The fourth-order valence-electron chi connectivity index (χ4n) is 2.08. The third-order valence-corrected chi connectivity index (χ3v) is 4.55. The van der Waals surface area contributed by atoms with Gasteiger partial charge in [-0.3, -0.25) is 0 Å². The molecule has 0 amide bonds. The number of ether oxygens (including phenoxy) is 1. The highest BCUT2D eigenvalue weighted by molar-refractivity contribution is 7.89. The molecular weight excluding hydrogens is 420 g/mol. The lowest BCUT2D eigenvalue weighted by molar-refractivity contribution is -0.0964. The lowest BCUT2D eigenvalue weighted by Gasteiger charge is -2.13. The van der Waals surface area contributed by atoms with Crippen molar-refractivity contribution < 1.29 is 21.9 Å². The van der Waals surface area contributed by atoms with Crippen LogP contribution in [0.15, 0.2) is 53.4 Å². The van der Waals surface area contributed by atoms with Crippen LogP contribution in [0.1, 0.15) is 5.56 Å². The van der Waals surface area contributed by atoms with Gasteiger partial charge in [-0.25, -0.2) is 13.6 Å². The summed E-state index contributed by atoms with van der Waals surface area (Å²) in [6, 6.07) is 11.9. The fraction of sp³-hybridized carbons (Fsp3) is 0.188. The maximum Gasteiger partial charge on any atom is 0.487 e. The lowest BCUT2D eigenvalue weighted by atomic mass is 10.1. The zero-order valence-electron chi connectivity index (χ0n) is 13.8. The molecule has 0 heterocycles. The molecule has 27 heavy (non-hydrogen) atoms. The predicted molar refractivity (Wildman–Crippen MR) is 104 cm³/mol. The minimum absolute atomic E-state index is 0.0516. The third-order valence-electron chi connectivity index (χ3n) is 3.30. The fourth-order valence-corrected chi connectivity index (χ4v) is 2.91. The van der Waals surface area contributed by atoms with Gasteiger partial charge in [-0.05, 0) is 60.6 Å². The Labute approximate surface area is 165 Å². The Morgan fingerprint density at radius 3 is 2.26 bits per heavy atom. The number of thiocarbonyl (C=S) groups is 1. The number of hydrogen-bond acceptors (Lipinski definition) is 4. The number of anilines is 1. The molecule has 2 aromatic rings. The first kappa shape index (κ1) is 21.3. The monoisotopic (exact) mass is 435 g/mol. The predicted octanol–water partition coefficient (Wildman–Crippen LogP) is 3.03. The van der Waals surface area contributed by atoms with E-state index in [1.165, 1.54) is 36.4 Å². The van der Waals surface area contributed by atoms with Crippen LogP contribution in [0.3, 0.4) is 0 Å². The van der Waals surface area contributed by atoms with E-state index >= 15 is 0 Å². The molecule has 0 saturated heterocycles. The smallest absolute Gasteiger partial charge is 0.420 e. The van der Waals surface area contributed by atoms with Crippen LogP contribution in [0.5, 0.6) is 5.75 Å². The average molecular weight is 436 g/mol. The summed E-state index contributed by atoms with van der Waals surface area (Å²) < 4.78 is 51.7. The molecule has 0 spiro atoms. The molecule has 0 aliphatic heterocycles. The highest BCUT2D eigenvalue weighted by Gasteiger charge is 2.27. The van der Waals surface area contributed by atoms with Crippen molar-refractivity contribution in [2.24, 2.45) is 5.14 Å². The molecule has 0 aliphatic rings. The molecule has 146 valence electrons. The van der Waals surface area contributed by atoms with Gasteiger partial charge >= 0.3 is 5.57 Å². The summed E-state index contributed by atoms with van der Waals surface area (Å²) in [5, 5.41) is 11.3. The van der Waals surface area contributed by atoms with Crippen molar-refractivity contribution in [3.05, 3.63) is 54.1 Å². The number of halogens is 3. The summed E-state index contributed by atoms with van der Waals surface area (Å²) >= 11 is 9.84. The lowest BCUT2D eigenvalue weighted by Crippen LogP contribution is -2.30. The van der Waals surface area contributed by atoms with Crippen molar-refractivity contribution >= 4 is 44.6 Å². The summed E-state index contributed by atoms with van der Waals surface area (Å²) in [6.45, 7) is 0.500. The number of primary sulfonamides is 1. The number of benzene rings is 2. The Hall–Kier alpha value is -2.01. The number of nitrogens with one attached hydrogen (secondary N) is 2. The van der Waals surface area contributed by atoms with Crippen molar-refractivity contribution in [2.45, 2.75) is 16.9 Å². The van der Waals surface area contributed by atoms with Crippen LogP contribution in [0.4, 0.5) is 14.5 Å². The molecule has 0 fully saturated rings. The van der Waals surface area contributed by atoms with Crippen LogP contribution >= 0.6 is 23.8 Å². The number of rotatable bonds is 7. The van der Waals surface area contributed by atoms with Crippen LogP contribution in [-0.2, 0) is 16.4 Å². The summed E-state index contributed by atoms with van der Waals surface area (Å²) in [7, 11) is -3.71. The van der Waals surface area contributed by atoms with Crippen LogP contribution in [0.2, 0.25) is 0 Å². The zero-order chi connectivity index (χ0) is 20.1. The molecule has 0 saturated carbocycles. The van der Waals surface area contributed by atoms with E-state index in [1.807, 2.05) is 0 Å². The van der Waals surface area contributed by atoms with Crippen LogP contribution in [0.25, 0.3) is 0 Å². The van der Waals surface area contributed by atoms with E-state index in [1.54, 1.807) is 12.1 Å². The summed E-state index contributed by atoms with van der Waals surface area (Å²) in [5.74, 6) is -0.0811. The Morgan fingerprint density at radius 2 is 1.74 bits per heavy atom. The largest absolute Gasteiger partial charge is 0.487 e. The minimum atomic E-state index is -3.77. The molecule has 0 bridgehead atoms. The first-order valence-corrected chi connectivity index (χ1v) is 9.88. The second kappa shape index (κ2) is 8.79. The van der Waals surface area contributed by atoms with Gasteiger partial charge in [0, 0.05) is 23.8 Å². The van der Waals surface area contributed by atoms with Gasteiger partial charge in [-0.2, -0.15) is 0 Å². The third kappa shape index (κ3) is 7.63. The minimum Gasteiger partial charge on any atom is -0.420 e. The number of nitrogens with two attached hydrogens (primary N) is 1. The summed E-state index contributed by atoms with van der Waals surface area (Å²) in [6.07, 6.45) is 0.601. The van der Waals surface area contributed by atoms with Crippen molar-refractivity contribution in [1.82, 2.24) is 5.32 Å². The maximum absolute atomic E-state index is 12.5. The summed E-state index contributed by atoms with van der Waals surface area (Å²) in [4.78, 5) is 0.0516. The SMILES string of the molecule is NS(=O)(=O)c1ccc(CCNC(=S)Nc2ccc(OC(F)(F)Cl)cc2)cc1. The van der Waals surface area contributed by atoms with Gasteiger partial charge in [0.1, 0.15) is 5.75 Å². The van der Waals surface area contributed by atoms with Gasteiger partial charge in [0.2, 0.25) is 10.0 Å². The molecule has 0 aromatic heterocycles. The van der Waals surface area contributed by atoms with Crippen molar-refractivity contribution in [3.63, 3.8) is 0 Å². The molecule has 0 unspecified atom stereocenters. The van der Waals surface area contributed by atoms with Gasteiger partial charge in [0.15, 0.2) is 5.11 Å². The zero-order valence-corrected chi connectivity index (χ0v) is 16.2. The second-order valence-corrected chi connectivity index (χ2v) is 7.80. The molecule has 2 rings (SSSR count). The first-order valence-electron chi connectivity index (χ1n) is 7.55. The molecule has 0 atom stereocenters. The number of hydrogen-bond donors (Lipinski definition) is 3. The molecule has 2 aromatic carbocycles. The highest BCUT2D eigenvalue weighted by atomic mass is 35.5. The highest BCUT2D eigenvalue weighted by Crippen LogP contribution is 2.25. The van der Waals surface area contributed by atoms with Crippen molar-refractivity contribution in [1.29, 1.82) is 0 Å². The van der Waals surface area contributed by atoms with Gasteiger partial charge in [0.05, 0.1) is 4.90 Å². The number of sulfonamides is 1. The Morgan fingerprint density at radius 1 is 1.15 bits per heavy atom. The number of alkyl halides is 3. The first-order chi connectivity index (χ1) is 12.5. The van der Waals surface area contributed by atoms with Gasteiger partial charge in [-0.1, -0.05) is 12.1 Å². The quantitative estimate of drug-likeness (QED) is 0.457. The normalized spacial score (nSPS) is 11.7. The van der Waals surface area contributed by atoms with Gasteiger partial charge in [-0.15, -0.1) is 8.78 Å². The standard InChI is InChI=1S/C16H16ClF2N3O3S2/c17-16(18,19)25-13-5-3-12(4-6-13)22-15(26)21-10-9-11-1-7-14(8-2-11)27(20,23)24/h1-8H,9-10H2,(H2,20,23,24)(H2,21,22,26). The van der Waals surface area contributed by atoms with Gasteiger partial charge < -0.3 is 15.4 Å². The van der Waals surface area contributed by atoms with E-state index < -0.39 is 15.6 Å². The molecule has 4 N–H and O–H groups in total.